The number of hydrogen-bond donors (Lipinski definition) is 2. The quantitative estimate of drug-likeness (QED) is 0.797. The zero-order valence-electron chi connectivity index (χ0n) is 12.2. The van der Waals surface area contributed by atoms with Gasteiger partial charge in [-0.05, 0) is 43.5 Å². The van der Waals surface area contributed by atoms with Crippen LogP contribution in [0.2, 0.25) is 0 Å². The normalized spacial score (nSPS) is 18.3. The molecule has 1 unspecified atom stereocenters. The van der Waals surface area contributed by atoms with Crippen molar-refractivity contribution < 1.29 is 14.3 Å². The highest BCUT2D eigenvalue weighted by atomic mass is 16.5. The summed E-state index contributed by atoms with van der Waals surface area (Å²) >= 11 is 0. The van der Waals surface area contributed by atoms with Gasteiger partial charge in [0.25, 0.3) is 5.91 Å². The van der Waals surface area contributed by atoms with Crippen molar-refractivity contribution >= 4 is 17.5 Å². The smallest absolute Gasteiger partial charge is 0.260 e. The average molecular weight is 291 g/mol. The van der Waals surface area contributed by atoms with Gasteiger partial charge in [-0.25, -0.2) is 0 Å². The lowest BCUT2D eigenvalue weighted by molar-refractivity contribution is -0.136. The van der Waals surface area contributed by atoms with Crippen LogP contribution in [0.4, 0.5) is 5.69 Å². The lowest BCUT2D eigenvalue weighted by Crippen LogP contribution is -2.45. The molecule has 0 saturated carbocycles. The van der Waals surface area contributed by atoms with Gasteiger partial charge in [-0.2, -0.15) is 0 Å². The fourth-order valence-electron chi connectivity index (χ4n) is 2.50. The molecule has 2 amide bonds. The molecule has 2 rings (SSSR count). The molecule has 1 aromatic rings. The highest BCUT2D eigenvalue weighted by Crippen LogP contribution is 2.21. The Balaban J connectivity index is 1.90. The topological polar surface area (TPSA) is 98.7 Å². The maximum atomic E-state index is 12.1. The van der Waals surface area contributed by atoms with Crippen molar-refractivity contribution in [2.45, 2.75) is 19.8 Å². The number of carbonyl (C=O) groups excluding carboxylic acids is 2. The van der Waals surface area contributed by atoms with E-state index in [1.807, 2.05) is 6.92 Å². The Morgan fingerprint density at radius 2 is 2.19 bits per heavy atom. The second-order valence-electron chi connectivity index (χ2n) is 5.39. The van der Waals surface area contributed by atoms with Crippen molar-refractivity contribution in [3.63, 3.8) is 0 Å². The third-order valence-corrected chi connectivity index (χ3v) is 3.73. The summed E-state index contributed by atoms with van der Waals surface area (Å²) in [6.07, 6.45) is 1.54. The SMILES string of the molecule is Cc1cc(N)ccc1OCC(=O)N1CCCC(C(N)=O)C1. The Kier molecular flexibility index (Phi) is 4.67. The van der Waals surface area contributed by atoms with Crippen molar-refractivity contribution in [2.75, 3.05) is 25.4 Å². The molecule has 1 aliphatic rings. The fourth-order valence-corrected chi connectivity index (χ4v) is 2.50. The number of nitrogen functional groups attached to an aromatic ring is 1. The molecule has 6 nitrogen and oxygen atoms in total. The summed E-state index contributed by atoms with van der Waals surface area (Å²) in [5.41, 5.74) is 12.5. The van der Waals surface area contributed by atoms with Crippen molar-refractivity contribution in [2.24, 2.45) is 11.7 Å². The second kappa shape index (κ2) is 6.47. The maximum Gasteiger partial charge on any atom is 0.260 e. The molecule has 0 aliphatic carbocycles. The largest absolute Gasteiger partial charge is 0.483 e. The lowest BCUT2D eigenvalue weighted by atomic mass is 9.97. The van der Waals surface area contributed by atoms with Crippen LogP contribution in [0.25, 0.3) is 0 Å². The van der Waals surface area contributed by atoms with Crippen LogP contribution in [0.1, 0.15) is 18.4 Å². The van der Waals surface area contributed by atoms with Gasteiger partial charge in [-0.1, -0.05) is 0 Å². The fraction of sp³-hybridized carbons (Fsp3) is 0.467. The molecule has 4 N–H and O–H groups in total. The lowest BCUT2D eigenvalue weighted by Gasteiger charge is -2.31. The molecule has 0 spiro atoms. The number of rotatable bonds is 4. The van der Waals surface area contributed by atoms with Crippen LogP contribution in [0, 0.1) is 12.8 Å². The van der Waals surface area contributed by atoms with E-state index in [-0.39, 0.29) is 24.3 Å². The van der Waals surface area contributed by atoms with Gasteiger partial charge in [0.15, 0.2) is 6.61 Å². The Hall–Kier alpha value is -2.24. The Morgan fingerprint density at radius 3 is 2.86 bits per heavy atom. The highest BCUT2D eigenvalue weighted by molar-refractivity contribution is 5.81. The third-order valence-electron chi connectivity index (χ3n) is 3.73. The number of amides is 2. The van der Waals surface area contributed by atoms with E-state index in [4.69, 9.17) is 16.2 Å². The van der Waals surface area contributed by atoms with Crippen molar-refractivity contribution in [1.82, 2.24) is 4.90 Å². The van der Waals surface area contributed by atoms with Crippen molar-refractivity contribution in [3.05, 3.63) is 23.8 Å². The van der Waals surface area contributed by atoms with Crippen LogP contribution in [-0.4, -0.2) is 36.4 Å². The maximum absolute atomic E-state index is 12.1. The molecule has 21 heavy (non-hydrogen) atoms. The van der Waals surface area contributed by atoms with Gasteiger partial charge >= 0.3 is 0 Å². The van der Waals surface area contributed by atoms with Crippen LogP contribution >= 0.6 is 0 Å². The molecule has 1 aromatic carbocycles. The first-order valence-corrected chi connectivity index (χ1v) is 7.03. The summed E-state index contributed by atoms with van der Waals surface area (Å²) in [6, 6.07) is 5.28. The van der Waals surface area contributed by atoms with E-state index in [2.05, 4.69) is 0 Å². The summed E-state index contributed by atoms with van der Waals surface area (Å²) < 4.78 is 5.54. The minimum Gasteiger partial charge on any atom is -0.483 e. The van der Waals surface area contributed by atoms with Gasteiger partial charge in [-0.3, -0.25) is 9.59 Å². The molecule has 1 saturated heterocycles. The molecule has 114 valence electrons. The van der Waals surface area contributed by atoms with Gasteiger partial charge in [0.05, 0.1) is 5.92 Å². The van der Waals surface area contributed by atoms with Crippen LogP contribution in [0.5, 0.6) is 5.75 Å². The number of likely N-dealkylation sites (tertiary alicyclic amines) is 1. The molecule has 1 atom stereocenters. The second-order valence-corrected chi connectivity index (χ2v) is 5.39. The molecule has 1 fully saturated rings. The van der Waals surface area contributed by atoms with E-state index < -0.39 is 0 Å². The van der Waals surface area contributed by atoms with Gasteiger partial charge in [-0.15, -0.1) is 0 Å². The molecule has 0 bridgehead atoms. The van der Waals surface area contributed by atoms with Crippen LogP contribution in [0.3, 0.4) is 0 Å². The number of hydrogen-bond acceptors (Lipinski definition) is 4. The zero-order chi connectivity index (χ0) is 15.4. The van der Waals surface area contributed by atoms with Gasteiger partial charge < -0.3 is 21.1 Å². The van der Waals surface area contributed by atoms with Crippen molar-refractivity contribution in [3.8, 4) is 5.75 Å². The van der Waals surface area contributed by atoms with Crippen LogP contribution in [0.15, 0.2) is 18.2 Å². The zero-order valence-corrected chi connectivity index (χ0v) is 12.2. The molecule has 6 heteroatoms. The van der Waals surface area contributed by atoms with E-state index in [0.29, 0.717) is 24.5 Å². The molecule has 1 aliphatic heterocycles. The minimum absolute atomic E-state index is 0.0454. The van der Waals surface area contributed by atoms with Gasteiger partial charge in [0.1, 0.15) is 5.75 Å². The molecular weight excluding hydrogens is 270 g/mol. The van der Waals surface area contributed by atoms with Crippen LogP contribution in [-0.2, 0) is 9.59 Å². The number of carbonyl (C=O) groups is 2. The molecule has 1 heterocycles. The standard InChI is InChI=1S/C15H21N3O3/c1-10-7-12(16)4-5-13(10)21-9-14(19)18-6-2-3-11(8-18)15(17)20/h4-5,7,11H,2-3,6,8-9,16H2,1H3,(H2,17,20). The van der Waals surface area contributed by atoms with E-state index in [9.17, 15) is 9.59 Å². The number of primary amides is 1. The summed E-state index contributed by atoms with van der Waals surface area (Å²) in [5, 5.41) is 0. The number of anilines is 1. The third kappa shape index (κ3) is 3.87. The summed E-state index contributed by atoms with van der Waals surface area (Å²) in [5.74, 6) is -0.0815. The number of benzene rings is 1. The predicted molar refractivity (Wildman–Crippen MR) is 79.6 cm³/mol. The monoisotopic (exact) mass is 291 g/mol. The van der Waals surface area contributed by atoms with Gasteiger partial charge in [0, 0.05) is 18.8 Å². The minimum atomic E-state index is -0.345. The summed E-state index contributed by atoms with van der Waals surface area (Å²) in [6.45, 7) is 2.86. The first-order chi connectivity index (χ1) is 9.97. The predicted octanol–water partition coefficient (Wildman–Crippen LogP) is 0.680. The number of nitrogens with two attached hydrogens (primary N) is 2. The summed E-state index contributed by atoms with van der Waals surface area (Å²) in [7, 11) is 0. The Labute approximate surface area is 124 Å². The van der Waals surface area contributed by atoms with E-state index in [0.717, 1.165) is 18.4 Å². The average Bonchev–Trinajstić information content (AvgIpc) is 2.46. The number of aryl methyl sites for hydroxylation is 1. The first kappa shape index (κ1) is 15.2. The highest BCUT2D eigenvalue weighted by Gasteiger charge is 2.27. The van der Waals surface area contributed by atoms with E-state index in [1.54, 1.807) is 23.1 Å². The van der Waals surface area contributed by atoms with Crippen molar-refractivity contribution in [1.29, 1.82) is 0 Å². The Morgan fingerprint density at radius 1 is 1.43 bits per heavy atom. The number of nitrogens with zero attached hydrogens (tertiary/aromatic N) is 1. The Bertz CT molecular complexity index is 545. The van der Waals surface area contributed by atoms with Gasteiger partial charge in [0.2, 0.25) is 5.91 Å². The number of piperidine rings is 1. The van der Waals surface area contributed by atoms with E-state index >= 15 is 0 Å². The number of ether oxygens (including phenoxy) is 1. The molecule has 0 aromatic heterocycles. The van der Waals surface area contributed by atoms with E-state index in [1.165, 1.54) is 0 Å². The summed E-state index contributed by atoms with van der Waals surface area (Å²) in [4.78, 5) is 25.0. The molecule has 0 radical (unpaired) electrons. The molecular formula is C15H21N3O3. The first-order valence-electron chi connectivity index (χ1n) is 7.03. The van der Waals surface area contributed by atoms with Crippen LogP contribution < -0.4 is 16.2 Å².